The highest BCUT2D eigenvalue weighted by Crippen LogP contribution is 2.15. The zero-order valence-corrected chi connectivity index (χ0v) is 17.9. The van der Waals surface area contributed by atoms with Crippen molar-refractivity contribution in [3.63, 3.8) is 0 Å². The van der Waals surface area contributed by atoms with Crippen molar-refractivity contribution in [1.82, 2.24) is 10.6 Å². The van der Waals surface area contributed by atoms with Crippen LogP contribution in [0.4, 0.5) is 0 Å². The van der Waals surface area contributed by atoms with Crippen molar-refractivity contribution in [3.05, 3.63) is 71.8 Å². The summed E-state index contributed by atoms with van der Waals surface area (Å²) >= 11 is 0. The van der Waals surface area contributed by atoms with E-state index in [1.54, 1.807) is 37.3 Å². The van der Waals surface area contributed by atoms with Gasteiger partial charge in [-0.2, -0.15) is 5.26 Å². The summed E-state index contributed by atoms with van der Waals surface area (Å²) in [6.45, 7) is 4.68. The summed E-state index contributed by atoms with van der Waals surface area (Å²) in [5.41, 5.74) is 0.168. The summed E-state index contributed by atoms with van der Waals surface area (Å²) in [6.07, 6.45) is 0.210. The zero-order valence-electron chi connectivity index (χ0n) is 17.9. The van der Waals surface area contributed by atoms with Crippen LogP contribution in [-0.2, 0) is 20.7 Å². The molecule has 0 spiro atoms. The number of ether oxygens (including phenoxy) is 1. The molecule has 0 bridgehead atoms. The Hall–Kier alpha value is -3.66. The molecule has 31 heavy (non-hydrogen) atoms. The molecule has 0 aliphatic rings. The number of amides is 2. The number of hydrogen-bond acceptors (Lipinski definition) is 5. The number of esters is 1. The normalized spacial score (nSPS) is 13.4. The minimum atomic E-state index is -1.07. The van der Waals surface area contributed by atoms with Crippen molar-refractivity contribution >= 4 is 17.8 Å². The van der Waals surface area contributed by atoms with Gasteiger partial charge in [-0.1, -0.05) is 62.4 Å². The van der Waals surface area contributed by atoms with Crippen molar-refractivity contribution in [2.45, 2.75) is 38.8 Å². The average Bonchev–Trinajstić information content (AvgIpc) is 2.78. The van der Waals surface area contributed by atoms with Gasteiger partial charge in [0.1, 0.15) is 11.6 Å². The highest BCUT2D eigenvalue weighted by atomic mass is 16.5. The molecule has 0 aliphatic carbocycles. The fraction of sp³-hybridized carbons (Fsp3) is 0.333. The number of nitrogens with one attached hydrogen (secondary N) is 2. The van der Waals surface area contributed by atoms with Crippen LogP contribution in [-0.4, -0.2) is 36.0 Å². The third kappa shape index (κ3) is 6.96. The molecule has 2 N–H and O–H groups in total. The molecule has 0 heterocycles. The van der Waals surface area contributed by atoms with Crippen molar-refractivity contribution in [2.24, 2.45) is 5.92 Å². The van der Waals surface area contributed by atoms with Gasteiger partial charge in [0, 0.05) is 12.0 Å². The molecule has 0 saturated carbocycles. The molecule has 0 aliphatic heterocycles. The van der Waals surface area contributed by atoms with Gasteiger partial charge in [0.15, 0.2) is 6.61 Å². The van der Waals surface area contributed by atoms with E-state index < -0.39 is 36.0 Å². The molecule has 2 atom stereocenters. The van der Waals surface area contributed by atoms with Crippen LogP contribution in [0.25, 0.3) is 0 Å². The molecule has 2 rings (SSSR count). The van der Waals surface area contributed by atoms with Crippen LogP contribution >= 0.6 is 0 Å². The quantitative estimate of drug-likeness (QED) is 0.605. The van der Waals surface area contributed by atoms with Gasteiger partial charge in [-0.05, 0) is 30.5 Å². The highest BCUT2D eigenvalue weighted by Gasteiger charge is 2.31. The molecule has 0 aromatic heterocycles. The van der Waals surface area contributed by atoms with Crippen molar-refractivity contribution < 1.29 is 19.1 Å². The van der Waals surface area contributed by atoms with E-state index in [-0.39, 0.29) is 12.3 Å². The lowest BCUT2D eigenvalue weighted by atomic mass is 9.90. The Bertz CT molecular complexity index is 938. The Morgan fingerprint density at radius 3 is 2.16 bits per heavy atom. The van der Waals surface area contributed by atoms with E-state index in [0.717, 1.165) is 5.56 Å². The Balaban J connectivity index is 2.06. The van der Waals surface area contributed by atoms with Crippen LogP contribution in [0.15, 0.2) is 60.7 Å². The largest absolute Gasteiger partial charge is 0.454 e. The predicted octanol–water partition coefficient (Wildman–Crippen LogP) is 2.63. The zero-order chi connectivity index (χ0) is 22.9. The summed E-state index contributed by atoms with van der Waals surface area (Å²) in [5, 5.41) is 14.6. The van der Waals surface area contributed by atoms with Gasteiger partial charge in [0.25, 0.3) is 11.8 Å². The first-order valence-electron chi connectivity index (χ1n) is 10.0. The van der Waals surface area contributed by atoms with Crippen molar-refractivity contribution in [2.75, 3.05) is 6.61 Å². The molecule has 0 unspecified atom stereocenters. The van der Waals surface area contributed by atoms with E-state index in [1.165, 1.54) is 0 Å². The lowest BCUT2D eigenvalue weighted by molar-refractivity contribution is -0.150. The number of nitrogens with zero attached hydrogens (tertiary/aromatic N) is 1. The molecule has 162 valence electrons. The number of benzene rings is 2. The molecule has 0 radical (unpaired) electrons. The summed E-state index contributed by atoms with van der Waals surface area (Å²) < 4.78 is 5.17. The molecule has 0 fully saturated rings. The maximum Gasteiger partial charge on any atom is 0.329 e. The second-order valence-electron chi connectivity index (χ2n) is 7.71. The molecule has 2 aromatic rings. The van der Waals surface area contributed by atoms with E-state index in [1.807, 2.05) is 44.2 Å². The van der Waals surface area contributed by atoms with Gasteiger partial charge < -0.3 is 15.4 Å². The molecular weight excluding hydrogens is 394 g/mol. The van der Waals surface area contributed by atoms with Gasteiger partial charge in [-0.25, -0.2) is 4.79 Å². The summed E-state index contributed by atoms with van der Waals surface area (Å²) in [6, 6.07) is 18.8. The average molecular weight is 421 g/mol. The SMILES string of the molecule is CC(C)[C@@](C)(C#N)NC(=O)COC(=O)[C@@H](Cc1ccccc1)NC(=O)c1ccccc1. The minimum absolute atomic E-state index is 0.131. The first kappa shape index (κ1) is 23.6. The van der Waals surface area contributed by atoms with Crippen LogP contribution < -0.4 is 10.6 Å². The molecule has 2 amide bonds. The number of carbonyl (C=O) groups is 3. The van der Waals surface area contributed by atoms with Crippen LogP contribution in [0, 0.1) is 17.2 Å². The molecule has 0 saturated heterocycles. The highest BCUT2D eigenvalue weighted by molar-refractivity contribution is 5.97. The third-order valence-electron chi connectivity index (χ3n) is 5.04. The topological polar surface area (TPSA) is 108 Å². The minimum Gasteiger partial charge on any atom is -0.454 e. The Morgan fingerprint density at radius 1 is 1.03 bits per heavy atom. The molecule has 7 heteroatoms. The van der Waals surface area contributed by atoms with E-state index >= 15 is 0 Å². The van der Waals surface area contributed by atoms with Crippen molar-refractivity contribution in [3.8, 4) is 6.07 Å². The third-order valence-corrected chi connectivity index (χ3v) is 5.04. The first-order valence-corrected chi connectivity index (χ1v) is 10.0. The van der Waals surface area contributed by atoms with Crippen LogP contribution in [0.3, 0.4) is 0 Å². The number of carbonyl (C=O) groups excluding carboxylic acids is 3. The monoisotopic (exact) mass is 421 g/mol. The summed E-state index contributed by atoms with van der Waals surface area (Å²) in [7, 11) is 0. The Kier molecular flexibility index (Phi) is 8.33. The first-order chi connectivity index (χ1) is 14.7. The maximum absolute atomic E-state index is 12.7. The lowest BCUT2D eigenvalue weighted by Crippen LogP contribution is -2.51. The smallest absolute Gasteiger partial charge is 0.329 e. The van der Waals surface area contributed by atoms with E-state index in [9.17, 15) is 19.6 Å². The fourth-order valence-corrected chi connectivity index (χ4v) is 2.74. The molecule has 7 nitrogen and oxygen atoms in total. The lowest BCUT2D eigenvalue weighted by Gasteiger charge is -2.27. The number of hydrogen-bond donors (Lipinski definition) is 2. The molecular formula is C24H27N3O4. The summed E-state index contributed by atoms with van der Waals surface area (Å²) in [5.74, 6) is -1.86. The van der Waals surface area contributed by atoms with Crippen LogP contribution in [0.1, 0.15) is 36.7 Å². The van der Waals surface area contributed by atoms with Crippen LogP contribution in [0.2, 0.25) is 0 Å². The summed E-state index contributed by atoms with van der Waals surface area (Å²) in [4.78, 5) is 37.5. The maximum atomic E-state index is 12.7. The van der Waals surface area contributed by atoms with Gasteiger partial charge in [0.05, 0.1) is 6.07 Å². The van der Waals surface area contributed by atoms with Gasteiger partial charge in [-0.15, -0.1) is 0 Å². The van der Waals surface area contributed by atoms with Gasteiger partial charge in [-0.3, -0.25) is 9.59 Å². The second-order valence-corrected chi connectivity index (χ2v) is 7.71. The molecule has 2 aromatic carbocycles. The van der Waals surface area contributed by atoms with Gasteiger partial charge in [0.2, 0.25) is 0 Å². The Labute approximate surface area is 182 Å². The van der Waals surface area contributed by atoms with E-state index in [0.29, 0.717) is 5.56 Å². The fourth-order valence-electron chi connectivity index (χ4n) is 2.74. The predicted molar refractivity (Wildman–Crippen MR) is 116 cm³/mol. The van der Waals surface area contributed by atoms with Crippen molar-refractivity contribution in [1.29, 1.82) is 5.26 Å². The van der Waals surface area contributed by atoms with E-state index in [2.05, 4.69) is 16.7 Å². The Morgan fingerprint density at radius 2 is 1.61 bits per heavy atom. The van der Waals surface area contributed by atoms with Crippen LogP contribution in [0.5, 0.6) is 0 Å². The standard InChI is InChI=1S/C24H27N3O4/c1-17(2)24(3,16-25)27-21(28)15-31-23(30)20(14-18-10-6-4-7-11-18)26-22(29)19-12-8-5-9-13-19/h4-13,17,20H,14-15H2,1-3H3,(H,26,29)(H,27,28)/t20-,24-/m1/s1. The number of rotatable bonds is 9. The van der Waals surface area contributed by atoms with E-state index in [4.69, 9.17) is 4.74 Å². The second kappa shape index (κ2) is 10.9. The number of nitriles is 1. The van der Waals surface area contributed by atoms with Gasteiger partial charge >= 0.3 is 5.97 Å².